The third-order valence-corrected chi connectivity index (χ3v) is 5.83. The smallest absolute Gasteiger partial charge is 0.332 e. The normalized spacial score (nSPS) is 17.9. The molecule has 1 aliphatic heterocycles. The number of carbonyl (C=O) groups is 2. The fraction of sp³-hybridized carbons (Fsp3) is 0.462. The number of carbonyl (C=O) groups excluding carboxylic acids is 2. The summed E-state index contributed by atoms with van der Waals surface area (Å²) in [6, 6.07) is 10.3. The molecule has 2 aromatic carbocycles. The van der Waals surface area contributed by atoms with Crippen LogP contribution in [0.15, 0.2) is 36.4 Å². The zero-order chi connectivity index (χ0) is 23.8. The van der Waals surface area contributed by atoms with Crippen molar-refractivity contribution in [2.75, 3.05) is 18.6 Å². The number of nitrogens with zero attached hydrogens (tertiary/aromatic N) is 1. The van der Waals surface area contributed by atoms with Crippen LogP contribution in [0.5, 0.6) is 11.5 Å². The van der Waals surface area contributed by atoms with Crippen LogP contribution < -0.4 is 9.64 Å². The van der Waals surface area contributed by atoms with Crippen molar-refractivity contribution in [3.63, 3.8) is 0 Å². The molecular formula is C26H33NO5. The Morgan fingerprint density at radius 2 is 1.88 bits per heavy atom. The van der Waals surface area contributed by atoms with Gasteiger partial charge in [-0.15, -0.1) is 0 Å². The van der Waals surface area contributed by atoms with Gasteiger partial charge in [-0.1, -0.05) is 46.8 Å². The van der Waals surface area contributed by atoms with Gasteiger partial charge >= 0.3 is 5.97 Å². The van der Waals surface area contributed by atoms with Crippen molar-refractivity contribution in [2.24, 2.45) is 5.92 Å². The lowest BCUT2D eigenvalue weighted by atomic mass is 9.85. The summed E-state index contributed by atoms with van der Waals surface area (Å²) in [5.74, 6) is -0.00673. The van der Waals surface area contributed by atoms with Crippen molar-refractivity contribution in [3.8, 4) is 11.5 Å². The maximum atomic E-state index is 13.8. The van der Waals surface area contributed by atoms with E-state index in [1.807, 2.05) is 19.9 Å². The highest BCUT2D eigenvalue weighted by Gasteiger charge is 2.51. The van der Waals surface area contributed by atoms with E-state index in [2.05, 4.69) is 20.8 Å². The van der Waals surface area contributed by atoms with Gasteiger partial charge in [0.15, 0.2) is 0 Å². The van der Waals surface area contributed by atoms with Gasteiger partial charge in [-0.2, -0.15) is 0 Å². The van der Waals surface area contributed by atoms with Gasteiger partial charge in [0, 0.05) is 17.5 Å². The number of methoxy groups -OCH3 is 1. The van der Waals surface area contributed by atoms with E-state index < -0.39 is 11.5 Å². The number of phenolic OH excluding ortho intramolecular Hbond substituents is 1. The standard InChI is InChI=1S/C26H33NO5/c1-16(2)15-32-24(30)26(6)14-18-20(9-8-10-21(18)28)27(26)23(29)17-11-12-19(25(3,4)5)22(13-17)31-7/h8-13,16,28H,14-15H2,1-7H3. The first-order valence-corrected chi connectivity index (χ1v) is 10.9. The molecule has 1 atom stereocenters. The van der Waals surface area contributed by atoms with E-state index in [9.17, 15) is 14.7 Å². The van der Waals surface area contributed by atoms with Crippen LogP contribution in [0.2, 0.25) is 0 Å². The predicted octanol–water partition coefficient (Wildman–Crippen LogP) is 4.86. The fourth-order valence-corrected chi connectivity index (χ4v) is 4.11. The van der Waals surface area contributed by atoms with Crippen molar-refractivity contribution in [1.29, 1.82) is 0 Å². The number of amides is 1. The molecule has 0 spiro atoms. The van der Waals surface area contributed by atoms with Crippen molar-refractivity contribution in [1.82, 2.24) is 0 Å². The molecule has 0 aliphatic carbocycles. The van der Waals surface area contributed by atoms with E-state index in [4.69, 9.17) is 9.47 Å². The van der Waals surface area contributed by atoms with Crippen LogP contribution in [0.4, 0.5) is 5.69 Å². The van der Waals surface area contributed by atoms with Crippen molar-refractivity contribution in [2.45, 2.75) is 58.9 Å². The summed E-state index contributed by atoms with van der Waals surface area (Å²) in [4.78, 5) is 28.4. The topological polar surface area (TPSA) is 76.1 Å². The van der Waals surface area contributed by atoms with Crippen LogP contribution >= 0.6 is 0 Å². The van der Waals surface area contributed by atoms with Crippen LogP contribution in [0.3, 0.4) is 0 Å². The quantitative estimate of drug-likeness (QED) is 0.674. The summed E-state index contributed by atoms with van der Waals surface area (Å²) in [6.45, 7) is 12.1. The van der Waals surface area contributed by atoms with Gasteiger partial charge in [0.25, 0.3) is 5.91 Å². The van der Waals surface area contributed by atoms with Gasteiger partial charge in [-0.05, 0) is 48.1 Å². The predicted molar refractivity (Wildman–Crippen MR) is 125 cm³/mol. The molecule has 3 rings (SSSR count). The Morgan fingerprint density at radius 3 is 2.47 bits per heavy atom. The van der Waals surface area contributed by atoms with Crippen LogP contribution in [0.25, 0.3) is 0 Å². The number of aromatic hydroxyl groups is 1. The Balaban J connectivity index is 2.09. The van der Waals surface area contributed by atoms with Gasteiger partial charge < -0.3 is 14.6 Å². The maximum absolute atomic E-state index is 13.8. The van der Waals surface area contributed by atoms with Gasteiger partial charge in [-0.3, -0.25) is 9.69 Å². The molecule has 6 heteroatoms. The fourth-order valence-electron chi connectivity index (χ4n) is 4.11. The third-order valence-electron chi connectivity index (χ3n) is 5.83. The lowest BCUT2D eigenvalue weighted by Crippen LogP contribution is -2.54. The summed E-state index contributed by atoms with van der Waals surface area (Å²) in [5.41, 5.74) is 1.02. The molecule has 1 amide bonds. The van der Waals surface area contributed by atoms with Crippen LogP contribution in [0, 0.1) is 5.92 Å². The molecule has 32 heavy (non-hydrogen) atoms. The van der Waals surface area contributed by atoms with Gasteiger partial charge in [0.1, 0.15) is 17.0 Å². The number of phenols is 1. The summed E-state index contributed by atoms with van der Waals surface area (Å²) in [5, 5.41) is 10.4. The second-order valence-electron chi connectivity index (χ2n) is 10.0. The number of esters is 1. The van der Waals surface area contributed by atoms with Gasteiger partial charge in [-0.25, -0.2) is 4.79 Å². The molecule has 172 valence electrons. The molecule has 0 aromatic heterocycles. The summed E-state index contributed by atoms with van der Waals surface area (Å²) < 4.78 is 11.1. The molecule has 0 radical (unpaired) electrons. The zero-order valence-corrected chi connectivity index (χ0v) is 20.0. The second-order valence-corrected chi connectivity index (χ2v) is 10.0. The molecule has 0 saturated carbocycles. The van der Waals surface area contributed by atoms with Gasteiger partial charge in [0.2, 0.25) is 0 Å². The molecule has 2 aromatic rings. The molecule has 1 heterocycles. The number of fused-ring (bicyclic) bond motifs is 1. The number of anilines is 1. The van der Waals surface area contributed by atoms with E-state index in [-0.39, 0.29) is 36.0 Å². The molecule has 0 bridgehead atoms. The van der Waals surface area contributed by atoms with Crippen LogP contribution in [-0.4, -0.2) is 36.2 Å². The van der Waals surface area contributed by atoms with E-state index in [0.717, 1.165) is 5.56 Å². The highest BCUT2D eigenvalue weighted by Crippen LogP contribution is 2.45. The Labute approximate surface area is 190 Å². The highest BCUT2D eigenvalue weighted by atomic mass is 16.5. The van der Waals surface area contributed by atoms with E-state index in [0.29, 0.717) is 22.6 Å². The summed E-state index contributed by atoms with van der Waals surface area (Å²) in [6.07, 6.45) is 0.175. The molecule has 1 N–H and O–H groups in total. The van der Waals surface area contributed by atoms with E-state index >= 15 is 0 Å². The first-order chi connectivity index (χ1) is 14.9. The summed E-state index contributed by atoms with van der Waals surface area (Å²) in [7, 11) is 1.58. The van der Waals surface area contributed by atoms with Crippen molar-refractivity contribution >= 4 is 17.6 Å². The van der Waals surface area contributed by atoms with E-state index in [1.165, 1.54) is 4.90 Å². The maximum Gasteiger partial charge on any atom is 0.332 e. The Morgan fingerprint density at radius 1 is 1.19 bits per heavy atom. The SMILES string of the molecule is COc1cc(C(=O)N2c3cccc(O)c3CC2(C)C(=O)OCC(C)C)ccc1C(C)(C)C. The number of benzene rings is 2. The number of ether oxygens (including phenoxy) is 2. The molecule has 1 aliphatic rings. The Bertz CT molecular complexity index is 1040. The van der Waals surface area contributed by atoms with Crippen LogP contribution in [0.1, 0.15) is 63.0 Å². The largest absolute Gasteiger partial charge is 0.508 e. The molecule has 0 saturated heterocycles. The Kier molecular flexibility index (Phi) is 6.27. The monoisotopic (exact) mass is 439 g/mol. The minimum atomic E-state index is -1.27. The average molecular weight is 440 g/mol. The lowest BCUT2D eigenvalue weighted by Gasteiger charge is -2.34. The third kappa shape index (κ3) is 4.18. The molecular weight excluding hydrogens is 406 g/mol. The van der Waals surface area contributed by atoms with E-state index in [1.54, 1.807) is 44.4 Å². The first-order valence-electron chi connectivity index (χ1n) is 10.9. The molecule has 6 nitrogen and oxygen atoms in total. The van der Waals surface area contributed by atoms with Crippen molar-refractivity contribution < 1.29 is 24.2 Å². The molecule has 1 unspecified atom stereocenters. The highest BCUT2D eigenvalue weighted by molar-refractivity contribution is 6.13. The minimum Gasteiger partial charge on any atom is -0.508 e. The average Bonchev–Trinajstić information content (AvgIpc) is 3.04. The zero-order valence-electron chi connectivity index (χ0n) is 20.0. The van der Waals surface area contributed by atoms with Crippen LogP contribution in [-0.2, 0) is 21.4 Å². The van der Waals surface area contributed by atoms with Gasteiger partial charge in [0.05, 0.1) is 19.4 Å². The Hall–Kier alpha value is -3.02. The molecule has 0 fully saturated rings. The number of rotatable bonds is 5. The number of hydrogen-bond donors (Lipinski definition) is 1. The lowest BCUT2D eigenvalue weighted by molar-refractivity contribution is -0.150. The minimum absolute atomic E-state index is 0.0568. The summed E-state index contributed by atoms with van der Waals surface area (Å²) >= 11 is 0. The van der Waals surface area contributed by atoms with Crippen molar-refractivity contribution in [3.05, 3.63) is 53.1 Å². The number of hydrogen-bond acceptors (Lipinski definition) is 5. The first kappa shape index (κ1) is 23.6. The second kappa shape index (κ2) is 8.49.